The largest absolute Gasteiger partial charge is 0.486 e. The van der Waals surface area contributed by atoms with Crippen LogP contribution in [0.15, 0.2) is 40.8 Å². The minimum atomic E-state index is -0.397. The monoisotopic (exact) mass is 579 g/mol. The van der Waals surface area contributed by atoms with Crippen LogP contribution in [0.5, 0.6) is 5.75 Å². The van der Waals surface area contributed by atoms with Gasteiger partial charge in [-0.15, -0.1) is 11.3 Å². The van der Waals surface area contributed by atoms with Gasteiger partial charge in [-0.25, -0.2) is 4.79 Å². The van der Waals surface area contributed by atoms with E-state index in [9.17, 15) is 9.59 Å². The van der Waals surface area contributed by atoms with Gasteiger partial charge in [0.2, 0.25) is 0 Å². The normalized spacial score (nSPS) is 13.8. The molecule has 0 spiro atoms. The highest BCUT2D eigenvalue weighted by atomic mass is 127. The standard InChI is InChI=1S/C25H26INO5S/c1-3-15(2)31-25(29)22-19-6-4-5-7-21(19)33-24(22)27-23(28)20-13-12-18(32-20)14-30-17-10-8-16(26)9-11-17/h8-13,15H,3-7,14H2,1-2H3,(H,27,28). The Bertz CT molecular complexity index is 1130. The highest BCUT2D eigenvalue weighted by Gasteiger charge is 2.28. The van der Waals surface area contributed by atoms with Crippen LogP contribution >= 0.6 is 33.9 Å². The summed E-state index contributed by atoms with van der Waals surface area (Å²) in [4.78, 5) is 27.0. The maximum absolute atomic E-state index is 12.9. The summed E-state index contributed by atoms with van der Waals surface area (Å²) in [6, 6.07) is 11.0. The molecule has 1 atom stereocenters. The van der Waals surface area contributed by atoms with E-state index in [0.717, 1.165) is 51.9 Å². The van der Waals surface area contributed by atoms with E-state index < -0.39 is 5.91 Å². The molecule has 4 rings (SSSR count). The lowest BCUT2D eigenvalue weighted by atomic mass is 9.95. The third-order valence-electron chi connectivity index (χ3n) is 5.57. The van der Waals surface area contributed by atoms with Gasteiger partial charge < -0.3 is 19.2 Å². The fraction of sp³-hybridized carbons (Fsp3) is 0.360. The predicted molar refractivity (Wildman–Crippen MR) is 136 cm³/mol. The summed E-state index contributed by atoms with van der Waals surface area (Å²) < 4.78 is 18.1. The Kier molecular flexibility index (Phi) is 7.75. The Morgan fingerprint density at radius 1 is 1.15 bits per heavy atom. The van der Waals surface area contributed by atoms with Gasteiger partial charge in [0, 0.05) is 8.45 Å². The van der Waals surface area contributed by atoms with Crippen LogP contribution in [0.2, 0.25) is 0 Å². The topological polar surface area (TPSA) is 77.8 Å². The van der Waals surface area contributed by atoms with Gasteiger partial charge in [-0.05, 0) is 104 Å². The van der Waals surface area contributed by atoms with Gasteiger partial charge in [-0.1, -0.05) is 6.92 Å². The van der Waals surface area contributed by atoms with Gasteiger partial charge in [0.05, 0.1) is 11.7 Å². The van der Waals surface area contributed by atoms with Gasteiger partial charge >= 0.3 is 5.97 Å². The summed E-state index contributed by atoms with van der Waals surface area (Å²) in [6.07, 6.45) is 4.42. The van der Waals surface area contributed by atoms with Crippen molar-refractivity contribution in [1.82, 2.24) is 0 Å². The van der Waals surface area contributed by atoms with E-state index >= 15 is 0 Å². The number of anilines is 1. The second-order valence-corrected chi connectivity index (χ2v) is 10.4. The molecule has 0 bridgehead atoms. The first-order chi connectivity index (χ1) is 15.9. The molecule has 3 aromatic rings. The van der Waals surface area contributed by atoms with E-state index in [1.807, 2.05) is 38.1 Å². The number of carbonyl (C=O) groups excluding carboxylic acids is 2. The first kappa shape index (κ1) is 23.8. The second kappa shape index (κ2) is 10.7. The van der Waals surface area contributed by atoms with Crippen LogP contribution in [-0.4, -0.2) is 18.0 Å². The molecule has 1 unspecified atom stereocenters. The molecular formula is C25H26INO5S. The van der Waals surface area contributed by atoms with Crippen LogP contribution in [0.3, 0.4) is 0 Å². The van der Waals surface area contributed by atoms with Gasteiger partial charge in [-0.2, -0.15) is 0 Å². The van der Waals surface area contributed by atoms with Crippen LogP contribution in [0.4, 0.5) is 5.00 Å². The van der Waals surface area contributed by atoms with Crippen LogP contribution in [0, 0.1) is 3.57 Å². The lowest BCUT2D eigenvalue weighted by Gasteiger charge is -2.15. The Morgan fingerprint density at radius 3 is 2.67 bits per heavy atom. The molecule has 6 nitrogen and oxygen atoms in total. The van der Waals surface area contributed by atoms with E-state index in [0.29, 0.717) is 16.3 Å². The number of amides is 1. The average molecular weight is 579 g/mol. The molecule has 174 valence electrons. The molecule has 0 saturated carbocycles. The Labute approximate surface area is 210 Å². The van der Waals surface area contributed by atoms with E-state index in [-0.39, 0.29) is 24.4 Å². The smallest absolute Gasteiger partial charge is 0.341 e. The summed E-state index contributed by atoms with van der Waals surface area (Å²) in [5.41, 5.74) is 1.51. The number of nitrogens with one attached hydrogen (secondary N) is 1. The van der Waals surface area contributed by atoms with Crippen molar-refractivity contribution in [3.63, 3.8) is 0 Å². The molecular weight excluding hydrogens is 553 g/mol. The third-order valence-corrected chi connectivity index (χ3v) is 7.49. The second-order valence-electron chi connectivity index (χ2n) is 8.00. The molecule has 8 heteroatoms. The average Bonchev–Trinajstić information content (AvgIpc) is 3.43. The molecule has 0 radical (unpaired) electrons. The minimum Gasteiger partial charge on any atom is -0.486 e. The molecule has 2 heterocycles. The fourth-order valence-electron chi connectivity index (χ4n) is 3.62. The Morgan fingerprint density at radius 2 is 1.91 bits per heavy atom. The zero-order valence-corrected chi connectivity index (χ0v) is 21.6. The van der Waals surface area contributed by atoms with Gasteiger partial charge in [-0.3, -0.25) is 4.79 Å². The molecule has 1 amide bonds. The van der Waals surface area contributed by atoms with E-state index in [1.165, 1.54) is 11.3 Å². The Hall–Kier alpha value is -2.33. The van der Waals surface area contributed by atoms with E-state index in [4.69, 9.17) is 13.9 Å². The van der Waals surface area contributed by atoms with Crippen molar-refractivity contribution in [3.8, 4) is 5.75 Å². The van der Waals surface area contributed by atoms with Crippen molar-refractivity contribution in [3.05, 3.63) is 67.5 Å². The minimum absolute atomic E-state index is 0.170. The number of rotatable bonds is 8. The number of carbonyl (C=O) groups is 2. The van der Waals surface area contributed by atoms with Crippen molar-refractivity contribution in [2.24, 2.45) is 0 Å². The number of aryl methyl sites for hydroxylation is 1. The molecule has 2 aromatic heterocycles. The van der Waals surface area contributed by atoms with Crippen molar-refractivity contribution < 1.29 is 23.5 Å². The number of halogens is 1. The summed E-state index contributed by atoms with van der Waals surface area (Å²) in [6.45, 7) is 4.06. The molecule has 1 aliphatic rings. The van der Waals surface area contributed by atoms with Crippen LogP contribution in [0.1, 0.15) is 70.2 Å². The molecule has 33 heavy (non-hydrogen) atoms. The highest BCUT2D eigenvalue weighted by Crippen LogP contribution is 2.39. The lowest BCUT2D eigenvalue weighted by Crippen LogP contribution is -2.18. The van der Waals surface area contributed by atoms with Crippen molar-refractivity contribution in [2.75, 3.05) is 5.32 Å². The number of benzene rings is 1. The SMILES string of the molecule is CCC(C)OC(=O)c1c(NC(=O)c2ccc(COc3ccc(I)cc3)o2)sc2c1CCCC2. The maximum atomic E-state index is 12.9. The van der Waals surface area contributed by atoms with E-state index in [2.05, 4.69) is 27.9 Å². The molecule has 0 saturated heterocycles. The molecule has 1 N–H and O–H groups in total. The maximum Gasteiger partial charge on any atom is 0.341 e. The van der Waals surface area contributed by atoms with Crippen molar-refractivity contribution >= 4 is 50.8 Å². The Balaban J connectivity index is 1.47. The number of ether oxygens (including phenoxy) is 2. The van der Waals surface area contributed by atoms with Gasteiger partial charge in [0.15, 0.2) is 5.76 Å². The summed E-state index contributed by atoms with van der Waals surface area (Å²) >= 11 is 3.70. The fourth-order valence-corrected chi connectivity index (χ4v) is 5.25. The van der Waals surface area contributed by atoms with Crippen LogP contribution in [-0.2, 0) is 24.2 Å². The van der Waals surface area contributed by atoms with Crippen molar-refractivity contribution in [2.45, 2.75) is 58.7 Å². The van der Waals surface area contributed by atoms with Gasteiger partial charge in [0.1, 0.15) is 23.1 Å². The molecule has 1 aromatic carbocycles. The number of thiophene rings is 1. The zero-order chi connectivity index (χ0) is 23.4. The number of esters is 1. The van der Waals surface area contributed by atoms with Crippen LogP contribution in [0.25, 0.3) is 0 Å². The van der Waals surface area contributed by atoms with Gasteiger partial charge in [0.25, 0.3) is 5.91 Å². The van der Waals surface area contributed by atoms with E-state index in [1.54, 1.807) is 12.1 Å². The summed E-state index contributed by atoms with van der Waals surface area (Å²) in [7, 11) is 0. The molecule has 0 aliphatic heterocycles. The first-order valence-corrected chi connectivity index (χ1v) is 13.0. The quantitative estimate of drug-likeness (QED) is 0.240. The highest BCUT2D eigenvalue weighted by molar-refractivity contribution is 14.1. The predicted octanol–water partition coefficient (Wildman–Crippen LogP) is 6.61. The molecule has 1 aliphatic carbocycles. The third kappa shape index (κ3) is 5.78. The lowest BCUT2D eigenvalue weighted by molar-refractivity contribution is 0.0335. The number of furan rings is 1. The first-order valence-electron chi connectivity index (χ1n) is 11.1. The number of fused-ring (bicyclic) bond motifs is 1. The number of hydrogen-bond donors (Lipinski definition) is 1. The molecule has 0 fully saturated rings. The van der Waals surface area contributed by atoms with Crippen molar-refractivity contribution in [1.29, 1.82) is 0 Å². The zero-order valence-electron chi connectivity index (χ0n) is 18.6. The summed E-state index contributed by atoms with van der Waals surface area (Å²) in [5, 5.41) is 3.43. The number of hydrogen-bond acceptors (Lipinski definition) is 6. The summed E-state index contributed by atoms with van der Waals surface area (Å²) in [5.74, 6) is 0.674. The van der Waals surface area contributed by atoms with Crippen LogP contribution < -0.4 is 10.1 Å².